The van der Waals surface area contributed by atoms with Gasteiger partial charge in [0.1, 0.15) is 0 Å². The number of amides is 2. The second-order valence-corrected chi connectivity index (χ2v) is 8.94. The molecule has 2 rings (SSSR count). The molecular weight excluding hydrogens is 366 g/mol. The molecule has 0 spiro atoms. The van der Waals surface area contributed by atoms with Crippen LogP contribution in [0.3, 0.4) is 0 Å². The highest BCUT2D eigenvalue weighted by molar-refractivity contribution is 7.92. The molecule has 144 valence electrons. The Balaban J connectivity index is 2.03. The van der Waals surface area contributed by atoms with E-state index in [1.807, 2.05) is 20.8 Å². The third-order valence-electron chi connectivity index (χ3n) is 3.34. The fourth-order valence-corrected chi connectivity index (χ4v) is 2.79. The predicted molar refractivity (Wildman–Crippen MR) is 107 cm³/mol. The molecule has 0 saturated carbocycles. The Kier molecular flexibility index (Phi) is 5.90. The highest BCUT2D eigenvalue weighted by Gasteiger charge is 2.15. The van der Waals surface area contributed by atoms with Gasteiger partial charge in [0.25, 0.3) is 11.8 Å². The highest BCUT2D eigenvalue weighted by atomic mass is 32.2. The number of benzene rings is 2. The third kappa shape index (κ3) is 6.74. The normalized spacial score (nSPS) is 11.6. The lowest BCUT2D eigenvalue weighted by molar-refractivity contribution is 0.0918. The van der Waals surface area contributed by atoms with Crippen molar-refractivity contribution in [3.63, 3.8) is 0 Å². The summed E-state index contributed by atoms with van der Waals surface area (Å²) in [5.41, 5.74) is 1.46. The van der Waals surface area contributed by atoms with Gasteiger partial charge in [0.05, 0.1) is 6.26 Å². The number of anilines is 2. The van der Waals surface area contributed by atoms with Crippen molar-refractivity contribution in [1.82, 2.24) is 5.32 Å². The van der Waals surface area contributed by atoms with E-state index >= 15 is 0 Å². The molecule has 0 aliphatic carbocycles. The summed E-state index contributed by atoms with van der Waals surface area (Å²) in [6, 6.07) is 12.6. The van der Waals surface area contributed by atoms with Crippen molar-refractivity contribution in [3.05, 3.63) is 59.7 Å². The molecule has 0 bridgehead atoms. The van der Waals surface area contributed by atoms with Crippen LogP contribution < -0.4 is 15.4 Å². The minimum Gasteiger partial charge on any atom is -0.347 e. The molecule has 0 atom stereocenters. The zero-order valence-corrected chi connectivity index (χ0v) is 16.5. The molecule has 0 aliphatic rings. The van der Waals surface area contributed by atoms with Crippen LogP contribution in [0.25, 0.3) is 0 Å². The van der Waals surface area contributed by atoms with Gasteiger partial charge in [0.15, 0.2) is 0 Å². The predicted octanol–water partition coefficient (Wildman–Crippen LogP) is 2.84. The summed E-state index contributed by atoms with van der Waals surface area (Å²) in [6.07, 6.45) is 1.06. The molecule has 2 aromatic carbocycles. The summed E-state index contributed by atoms with van der Waals surface area (Å²) in [5, 5.41) is 5.58. The molecule has 2 aromatic rings. The van der Waals surface area contributed by atoms with Gasteiger partial charge in [-0.1, -0.05) is 0 Å². The van der Waals surface area contributed by atoms with Crippen LogP contribution in [0.15, 0.2) is 48.5 Å². The summed E-state index contributed by atoms with van der Waals surface area (Å²) < 4.78 is 24.7. The van der Waals surface area contributed by atoms with Crippen LogP contribution in [0.5, 0.6) is 0 Å². The van der Waals surface area contributed by atoms with E-state index in [0.717, 1.165) is 6.26 Å². The third-order valence-corrected chi connectivity index (χ3v) is 3.95. The van der Waals surface area contributed by atoms with Crippen LogP contribution >= 0.6 is 0 Å². The van der Waals surface area contributed by atoms with Gasteiger partial charge >= 0.3 is 0 Å². The standard InChI is InChI=1S/C19H23N3O4S/c1-19(2,3)21-18(24)14-7-5-13(6-8-14)17(23)20-15-9-11-16(12-10-15)22-27(4,25)26/h5-12,22H,1-4H3,(H,20,23)(H,21,24). The van der Waals surface area contributed by atoms with Crippen molar-refractivity contribution in [1.29, 1.82) is 0 Å². The second kappa shape index (κ2) is 7.79. The van der Waals surface area contributed by atoms with Crippen molar-refractivity contribution >= 4 is 33.2 Å². The maximum Gasteiger partial charge on any atom is 0.255 e. The minimum absolute atomic E-state index is 0.205. The van der Waals surface area contributed by atoms with Gasteiger partial charge in [-0.3, -0.25) is 14.3 Å². The Labute approximate surface area is 159 Å². The number of carbonyl (C=O) groups excluding carboxylic acids is 2. The second-order valence-electron chi connectivity index (χ2n) is 7.19. The van der Waals surface area contributed by atoms with E-state index in [-0.39, 0.29) is 17.4 Å². The molecule has 0 unspecified atom stereocenters. The largest absolute Gasteiger partial charge is 0.347 e. The van der Waals surface area contributed by atoms with E-state index in [1.165, 1.54) is 0 Å². The quantitative estimate of drug-likeness (QED) is 0.731. The van der Waals surface area contributed by atoms with Gasteiger partial charge in [0, 0.05) is 28.0 Å². The highest BCUT2D eigenvalue weighted by Crippen LogP contribution is 2.16. The molecule has 3 N–H and O–H groups in total. The van der Waals surface area contributed by atoms with Crippen LogP contribution in [0.4, 0.5) is 11.4 Å². The molecule has 0 saturated heterocycles. The number of rotatable bonds is 5. The SMILES string of the molecule is CC(C)(C)NC(=O)c1ccc(C(=O)Nc2ccc(NS(C)(=O)=O)cc2)cc1. The molecule has 0 radical (unpaired) electrons. The Morgan fingerprint density at radius 3 is 1.67 bits per heavy atom. The van der Waals surface area contributed by atoms with Crippen molar-refractivity contribution in [2.45, 2.75) is 26.3 Å². The molecule has 0 fully saturated rings. The van der Waals surface area contributed by atoms with Gasteiger partial charge in [-0.2, -0.15) is 0 Å². The van der Waals surface area contributed by atoms with E-state index in [2.05, 4.69) is 15.4 Å². The van der Waals surface area contributed by atoms with Gasteiger partial charge in [-0.05, 0) is 69.3 Å². The fraction of sp³-hybridized carbons (Fsp3) is 0.263. The summed E-state index contributed by atoms with van der Waals surface area (Å²) in [4.78, 5) is 24.4. The lowest BCUT2D eigenvalue weighted by Gasteiger charge is -2.20. The first kappa shape index (κ1) is 20.4. The molecular formula is C19H23N3O4S. The fourth-order valence-electron chi connectivity index (χ4n) is 2.22. The van der Waals surface area contributed by atoms with Crippen LogP contribution in [-0.4, -0.2) is 32.0 Å². The van der Waals surface area contributed by atoms with E-state index in [4.69, 9.17) is 0 Å². The smallest absolute Gasteiger partial charge is 0.255 e. The van der Waals surface area contributed by atoms with E-state index in [9.17, 15) is 18.0 Å². The molecule has 27 heavy (non-hydrogen) atoms. The molecule has 7 nitrogen and oxygen atoms in total. The first-order valence-electron chi connectivity index (χ1n) is 8.25. The number of sulfonamides is 1. The van der Waals surface area contributed by atoms with Crippen LogP contribution in [0, 0.1) is 0 Å². The summed E-state index contributed by atoms with van der Waals surface area (Å²) in [6.45, 7) is 5.68. The van der Waals surface area contributed by atoms with E-state index in [0.29, 0.717) is 22.5 Å². The number of carbonyl (C=O) groups is 2. The lowest BCUT2D eigenvalue weighted by atomic mass is 10.1. The van der Waals surface area contributed by atoms with Crippen molar-refractivity contribution in [2.75, 3.05) is 16.3 Å². The number of hydrogen-bond acceptors (Lipinski definition) is 4. The van der Waals surface area contributed by atoms with E-state index < -0.39 is 10.0 Å². The van der Waals surface area contributed by atoms with Gasteiger partial charge < -0.3 is 10.6 Å². The van der Waals surface area contributed by atoms with Crippen molar-refractivity contribution < 1.29 is 18.0 Å². The van der Waals surface area contributed by atoms with Crippen molar-refractivity contribution in [3.8, 4) is 0 Å². The monoisotopic (exact) mass is 389 g/mol. The minimum atomic E-state index is -3.35. The Morgan fingerprint density at radius 1 is 0.778 bits per heavy atom. The lowest BCUT2D eigenvalue weighted by Crippen LogP contribution is -2.40. The first-order valence-corrected chi connectivity index (χ1v) is 10.1. The zero-order valence-electron chi connectivity index (χ0n) is 15.7. The molecule has 2 amide bonds. The van der Waals surface area contributed by atoms with Gasteiger partial charge in [0.2, 0.25) is 10.0 Å². The Morgan fingerprint density at radius 2 is 1.22 bits per heavy atom. The molecule has 8 heteroatoms. The maximum atomic E-state index is 12.3. The Hall–Kier alpha value is -2.87. The maximum absolute atomic E-state index is 12.3. The first-order chi connectivity index (χ1) is 12.4. The molecule has 0 aromatic heterocycles. The summed E-state index contributed by atoms with van der Waals surface area (Å²) in [5.74, 6) is -0.537. The van der Waals surface area contributed by atoms with Gasteiger partial charge in [-0.15, -0.1) is 0 Å². The average Bonchev–Trinajstić information content (AvgIpc) is 2.54. The summed E-state index contributed by atoms with van der Waals surface area (Å²) >= 11 is 0. The molecule has 0 aliphatic heterocycles. The average molecular weight is 389 g/mol. The molecule has 0 heterocycles. The topological polar surface area (TPSA) is 104 Å². The number of hydrogen-bond donors (Lipinski definition) is 3. The van der Waals surface area contributed by atoms with Crippen LogP contribution in [0.2, 0.25) is 0 Å². The Bertz CT molecular complexity index is 928. The zero-order chi connectivity index (χ0) is 20.2. The van der Waals surface area contributed by atoms with Crippen LogP contribution in [0.1, 0.15) is 41.5 Å². The van der Waals surface area contributed by atoms with Crippen LogP contribution in [-0.2, 0) is 10.0 Å². The number of nitrogens with one attached hydrogen (secondary N) is 3. The van der Waals surface area contributed by atoms with Crippen molar-refractivity contribution in [2.24, 2.45) is 0 Å². The van der Waals surface area contributed by atoms with E-state index in [1.54, 1.807) is 48.5 Å². The van der Waals surface area contributed by atoms with Gasteiger partial charge in [-0.25, -0.2) is 8.42 Å². The summed E-state index contributed by atoms with van der Waals surface area (Å²) in [7, 11) is -3.35.